The van der Waals surface area contributed by atoms with Gasteiger partial charge in [0.05, 0.1) is 0 Å². The average Bonchev–Trinajstić information content (AvgIpc) is 2.85. The molecule has 0 aromatic heterocycles. The molecule has 0 bridgehead atoms. The summed E-state index contributed by atoms with van der Waals surface area (Å²) in [6, 6.07) is 19.4. The third-order valence-electron chi connectivity index (χ3n) is 7.26. The Kier molecular flexibility index (Phi) is 6.80. The van der Waals surface area contributed by atoms with Crippen molar-refractivity contribution in [2.45, 2.75) is 37.7 Å². The van der Waals surface area contributed by atoms with E-state index < -0.39 is 5.60 Å². The van der Waals surface area contributed by atoms with Crippen molar-refractivity contribution >= 4 is 11.9 Å². The standard InChI is InChI=1S/C26H33N3O3/c27-25(31)29-15-11-20(12-16-29)19-24(30)28-17-13-23(14-18-28)26(32,21-7-3-1-4-8-21)22-9-5-2-6-10-22/h1-10,20,23,32H,11-19H2,(H2,27,31). The number of aliphatic hydroxyl groups is 1. The molecule has 3 amide bonds. The van der Waals surface area contributed by atoms with E-state index in [1.807, 2.05) is 65.6 Å². The number of carbonyl (C=O) groups is 2. The Bertz CT molecular complexity index is 863. The van der Waals surface area contributed by atoms with Crippen LogP contribution in [0.5, 0.6) is 0 Å². The number of amides is 3. The summed E-state index contributed by atoms with van der Waals surface area (Å²) >= 11 is 0. The number of hydrogen-bond donors (Lipinski definition) is 2. The molecule has 6 nitrogen and oxygen atoms in total. The largest absolute Gasteiger partial charge is 0.380 e. The molecule has 4 rings (SSSR count). The Hall–Kier alpha value is -2.86. The Morgan fingerprint density at radius 3 is 1.75 bits per heavy atom. The van der Waals surface area contributed by atoms with Gasteiger partial charge in [-0.25, -0.2) is 4.79 Å². The predicted octanol–water partition coefficient (Wildman–Crippen LogP) is 3.34. The van der Waals surface area contributed by atoms with Crippen LogP contribution in [0.4, 0.5) is 4.79 Å². The van der Waals surface area contributed by atoms with E-state index >= 15 is 0 Å². The van der Waals surface area contributed by atoms with Gasteiger partial charge in [-0.15, -0.1) is 0 Å². The maximum Gasteiger partial charge on any atom is 0.314 e. The van der Waals surface area contributed by atoms with E-state index in [2.05, 4.69) is 0 Å². The zero-order valence-electron chi connectivity index (χ0n) is 18.5. The molecule has 2 aromatic rings. The number of hydrogen-bond acceptors (Lipinski definition) is 3. The second-order valence-corrected chi connectivity index (χ2v) is 9.13. The van der Waals surface area contributed by atoms with Gasteiger partial charge in [0.2, 0.25) is 5.91 Å². The molecule has 2 heterocycles. The number of nitrogens with zero attached hydrogens (tertiary/aromatic N) is 2. The number of carbonyl (C=O) groups excluding carboxylic acids is 2. The van der Waals surface area contributed by atoms with E-state index in [1.54, 1.807) is 4.90 Å². The summed E-state index contributed by atoms with van der Waals surface area (Å²) in [5.41, 5.74) is 6.08. The van der Waals surface area contributed by atoms with Gasteiger partial charge in [0.25, 0.3) is 0 Å². The number of rotatable bonds is 5. The molecule has 2 aliphatic rings. The maximum absolute atomic E-state index is 12.9. The third kappa shape index (κ3) is 4.65. The lowest BCUT2D eigenvalue weighted by atomic mass is 9.72. The summed E-state index contributed by atoms with van der Waals surface area (Å²) in [5.74, 6) is 0.528. The van der Waals surface area contributed by atoms with E-state index in [-0.39, 0.29) is 17.9 Å². The molecule has 2 saturated heterocycles. The van der Waals surface area contributed by atoms with Gasteiger partial charge in [0.15, 0.2) is 0 Å². The summed E-state index contributed by atoms with van der Waals surface area (Å²) < 4.78 is 0. The summed E-state index contributed by atoms with van der Waals surface area (Å²) in [5, 5.41) is 12.0. The third-order valence-corrected chi connectivity index (χ3v) is 7.26. The summed E-state index contributed by atoms with van der Waals surface area (Å²) in [7, 11) is 0. The van der Waals surface area contributed by atoms with Gasteiger partial charge in [-0.3, -0.25) is 4.79 Å². The monoisotopic (exact) mass is 435 g/mol. The topological polar surface area (TPSA) is 86.9 Å². The first-order valence-corrected chi connectivity index (χ1v) is 11.6. The summed E-state index contributed by atoms with van der Waals surface area (Å²) in [6.45, 7) is 2.59. The fourth-order valence-electron chi connectivity index (χ4n) is 5.30. The van der Waals surface area contributed by atoms with Gasteiger partial charge in [0, 0.05) is 32.6 Å². The highest BCUT2D eigenvalue weighted by Crippen LogP contribution is 2.42. The Morgan fingerprint density at radius 2 is 1.28 bits per heavy atom. The second-order valence-electron chi connectivity index (χ2n) is 9.13. The van der Waals surface area contributed by atoms with E-state index in [4.69, 9.17) is 5.73 Å². The lowest BCUT2D eigenvalue weighted by Gasteiger charge is -2.42. The Balaban J connectivity index is 1.39. The van der Waals surface area contributed by atoms with Crippen LogP contribution in [-0.2, 0) is 10.4 Å². The Labute approximate surface area is 190 Å². The molecule has 0 radical (unpaired) electrons. The molecule has 2 aromatic carbocycles. The minimum atomic E-state index is -1.07. The van der Waals surface area contributed by atoms with Crippen LogP contribution < -0.4 is 5.73 Å². The lowest BCUT2D eigenvalue weighted by molar-refractivity contribution is -0.135. The highest BCUT2D eigenvalue weighted by atomic mass is 16.3. The Morgan fingerprint density at radius 1 is 0.812 bits per heavy atom. The number of urea groups is 1. The molecule has 32 heavy (non-hydrogen) atoms. The second kappa shape index (κ2) is 9.74. The fraction of sp³-hybridized carbons (Fsp3) is 0.462. The van der Waals surface area contributed by atoms with Crippen molar-refractivity contribution in [2.75, 3.05) is 26.2 Å². The minimum absolute atomic E-state index is 0.0372. The van der Waals surface area contributed by atoms with E-state index in [0.29, 0.717) is 38.5 Å². The van der Waals surface area contributed by atoms with E-state index in [9.17, 15) is 14.7 Å². The van der Waals surface area contributed by atoms with Crippen LogP contribution in [0.15, 0.2) is 60.7 Å². The summed E-state index contributed by atoms with van der Waals surface area (Å²) in [4.78, 5) is 27.8. The van der Waals surface area contributed by atoms with Crippen molar-refractivity contribution in [3.05, 3.63) is 71.8 Å². The minimum Gasteiger partial charge on any atom is -0.380 e. The first kappa shape index (κ1) is 22.3. The van der Waals surface area contributed by atoms with Crippen LogP contribution in [0.3, 0.4) is 0 Å². The molecule has 6 heteroatoms. The van der Waals surface area contributed by atoms with Crippen LogP contribution in [0.1, 0.15) is 43.2 Å². The van der Waals surface area contributed by atoms with Gasteiger partial charge in [-0.1, -0.05) is 60.7 Å². The first-order chi connectivity index (χ1) is 15.5. The zero-order valence-corrected chi connectivity index (χ0v) is 18.5. The van der Waals surface area contributed by atoms with Gasteiger partial charge in [-0.2, -0.15) is 0 Å². The van der Waals surface area contributed by atoms with Crippen molar-refractivity contribution < 1.29 is 14.7 Å². The summed E-state index contributed by atoms with van der Waals surface area (Å²) in [6.07, 6.45) is 3.69. The highest BCUT2D eigenvalue weighted by molar-refractivity contribution is 5.76. The quantitative estimate of drug-likeness (QED) is 0.755. The lowest BCUT2D eigenvalue weighted by Crippen LogP contribution is -2.47. The molecule has 2 fully saturated rings. The SMILES string of the molecule is NC(=O)N1CCC(CC(=O)N2CCC(C(O)(c3ccccc3)c3ccccc3)CC2)CC1. The molecule has 0 unspecified atom stereocenters. The maximum atomic E-state index is 12.9. The van der Waals surface area contributed by atoms with E-state index in [0.717, 1.165) is 36.8 Å². The average molecular weight is 436 g/mol. The van der Waals surface area contributed by atoms with Crippen LogP contribution in [0, 0.1) is 11.8 Å². The molecule has 3 N–H and O–H groups in total. The highest BCUT2D eigenvalue weighted by Gasteiger charge is 2.42. The molecule has 0 aliphatic carbocycles. The van der Waals surface area contributed by atoms with Crippen molar-refractivity contribution in [3.8, 4) is 0 Å². The van der Waals surface area contributed by atoms with Gasteiger partial charge >= 0.3 is 6.03 Å². The van der Waals surface area contributed by atoms with Gasteiger partial charge in [0.1, 0.15) is 5.60 Å². The molecule has 170 valence electrons. The molecule has 0 atom stereocenters. The van der Waals surface area contributed by atoms with Crippen LogP contribution in [0.2, 0.25) is 0 Å². The number of nitrogens with two attached hydrogens (primary N) is 1. The van der Waals surface area contributed by atoms with Crippen molar-refractivity contribution in [3.63, 3.8) is 0 Å². The molecule has 0 saturated carbocycles. The van der Waals surface area contributed by atoms with Crippen molar-refractivity contribution in [1.29, 1.82) is 0 Å². The fourth-order valence-corrected chi connectivity index (χ4v) is 5.30. The van der Waals surface area contributed by atoms with E-state index in [1.165, 1.54) is 0 Å². The van der Waals surface area contributed by atoms with Crippen LogP contribution in [-0.4, -0.2) is 53.0 Å². The molecule has 2 aliphatic heterocycles. The van der Waals surface area contributed by atoms with Crippen molar-refractivity contribution in [2.24, 2.45) is 17.6 Å². The van der Waals surface area contributed by atoms with Gasteiger partial charge in [-0.05, 0) is 48.6 Å². The molecule has 0 spiro atoms. The first-order valence-electron chi connectivity index (χ1n) is 11.6. The van der Waals surface area contributed by atoms with Crippen molar-refractivity contribution in [1.82, 2.24) is 9.80 Å². The normalized spacial score (nSPS) is 18.5. The number of primary amides is 1. The predicted molar refractivity (Wildman–Crippen MR) is 124 cm³/mol. The van der Waals surface area contributed by atoms with Gasteiger partial charge < -0.3 is 20.6 Å². The zero-order chi connectivity index (χ0) is 22.6. The number of piperidine rings is 2. The molecular formula is C26H33N3O3. The van der Waals surface area contributed by atoms with Crippen LogP contribution >= 0.6 is 0 Å². The number of likely N-dealkylation sites (tertiary alicyclic amines) is 2. The smallest absolute Gasteiger partial charge is 0.314 e. The molecular weight excluding hydrogens is 402 g/mol. The van der Waals surface area contributed by atoms with Crippen LogP contribution in [0.25, 0.3) is 0 Å². The number of benzene rings is 2.